The maximum Gasteiger partial charge on any atom is 0.186 e. The summed E-state index contributed by atoms with van der Waals surface area (Å²) in [7, 11) is 0. The van der Waals surface area contributed by atoms with Gasteiger partial charge in [-0.3, -0.25) is 0 Å². The molecular formula is C20H17N7S. The molecule has 0 saturated carbocycles. The van der Waals surface area contributed by atoms with Gasteiger partial charge in [-0.15, -0.1) is 15.3 Å². The van der Waals surface area contributed by atoms with Crippen molar-refractivity contribution in [3.8, 4) is 11.4 Å². The summed E-state index contributed by atoms with van der Waals surface area (Å²) in [5.41, 5.74) is 2.98. The lowest BCUT2D eigenvalue weighted by atomic mass is 10.2. The van der Waals surface area contributed by atoms with Crippen molar-refractivity contribution in [2.45, 2.75) is 13.1 Å². The molecule has 5 rings (SSSR count). The minimum Gasteiger partial charge on any atom is -0.361 e. The lowest BCUT2D eigenvalue weighted by molar-refractivity contribution is 0.733. The van der Waals surface area contributed by atoms with Gasteiger partial charge in [0.05, 0.1) is 6.54 Å². The highest BCUT2D eigenvalue weighted by Crippen LogP contribution is 2.21. The highest BCUT2D eigenvalue weighted by atomic mass is 32.1. The van der Waals surface area contributed by atoms with Crippen molar-refractivity contribution < 1.29 is 0 Å². The Bertz CT molecular complexity index is 1190. The van der Waals surface area contributed by atoms with E-state index in [9.17, 15) is 0 Å². The quantitative estimate of drug-likeness (QED) is 0.481. The molecule has 0 aliphatic carbocycles. The Morgan fingerprint density at radius 3 is 2.79 bits per heavy atom. The van der Waals surface area contributed by atoms with Crippen LogP contribution in [0.2, 0.25) is 0 Å². The third kappa shape index (κ3) is 3.25. The predicted molar refractivity (Wildman–Crippen MR) is 109 cm³/mol. The van der Waals surface area contributed by atoms with Crippen LogP contribution in [0.25, 0.3) is 17.0 Å². The van der Waals surface area contributed by atoms with Gasteiger partial charge in [-0.2, -0.15) is 15.9 Å². The van der Waals surface area contributed by atoms with Crippen LogP contribution in [0.5, 0.6) is 0 Å². The number of rotatable bonds is 6. The van der Waals surface area contributed by atoms with Gasteiger partial charge in [0, 0.05) is 29.9 Å². The highest BCUT2D eigenvalue weighted by molar-refractivity contribution is 7.08. The Labute approximate surface area is 165 Å². The van der Waals surface area contributed by atoms with Crippen molar-refractivity contribution in [1.82, 2.24) is 29.4 Å². The van der Waals surface area contributed by atoms with Crippen LogP contribution in [0, 0.1) is 0 Å². The van der Waals surface area contributed by atoms with Crippen molar-refractivity contribution in [2.75, 3.05) is 5.32 Å². The molecule has 0 unspecified atom stereocenters. The van der Waals surface area contributed by atoms with Crippen LogP contribution in [0.4, 0.5) is 5.82 Å². The number of anilines is 1. The van der Waals surface area contributed by atoms with Crippen molar-refractivity contribution >= 4 is 22.8 Å². The standard InChI is InChI=1S/C20H17N7S/c1-2-4-15(5-3-1)13-26-10-9-21-19(26)12-22-17-6-7-18-23-24-20(27(18)25-17)16-8-11-28-14-16/h1-11,14H,12-13H2,(H,22,25). The molecular weight excluding hydrogens is 370 g/mol. The van der Waals surface area contributed by atoms with Gasteiger partial charge in [0.25, 0.3) is 0 Å². The molecule has 0 bridgehead atoms. The Kier molecular flexibility index (Phi) is 4.30. The Balaban J connectivity index is 1.36. The van der Waals surface area contributed by atoms with E-state index in [4.69, 9.17) is 0 Å². The zero-order valence-electron chi connectivity index (χ0n) is 14.9. The van der Waals surface area contributed by atoms with E-state index in [1.165, 1.54) is 5.56 Å². The van der Waals surface area contributed by atoms with Gasteiger partial charge in [-0.1, -0.05) is 30.3 Å². The van der Waals surface area contributed by atoms with Gasteiger partial charge in [-0.05, 0) is 29.1 Å². The molecule has 7 nitrogen and oxygen atoms in total. The average molecular weight is 387 g/mol. The summed E-state index contributed by atoms with van der Waals surface area (Å²) >= 11 is 1.63. The van der Waals surface area contributed by atoms with Crippen molar-refractivity contribution in [3.63, 3.8) is 0 Å². The lowest BCUT2D eigenvalue weighted by Gasteiger charge is -2.10. The summed E-state index contributed by atoms with van der Waals surface area (Å²) in [6.07, 6.45) is 3.82. The van der Waals surface area contributed by atoms with Crippen LogP contribution in [0.3, 0.4) is 0 Å². The molecule has 0 amide bonds. The molecule has 138 valence electrons. The maximum atomic E-state index is 4.65. The largest absolute Gasteiger partial charge is 0.361 e. The molecule has 0 fully saturated rings. The number of hydrogen-bond acceptors (Lipinski definition) is 6. The van der Waals surface area contributed by atoms with Crippen LogP contribution < -0.4 is 5.32 Å². The first kappa shape index (κ1) is 16.6. The van der Waals surface area contributed by atoms with E-state index in [1.54, 1.807) is 15.9 Å². The average Bonchev–Trinajstić information content (AvgIpc) is 3.47. The lowest BCUT2D eigenvalue weighted by Crippen LogP contribution is -2.11. The Morgan fingerprint density at radius 1 is 1.00 bits per heavy atom. The molecule has 0 aliphatic heterocycles. The molecule has 0 saturated heterocycles. The van der Waals surface area contributed by atoms with Crippen LogP contribution in [0.1, 0.15) is 11.4 Å². The summed E-state index contributed by atoms with van der Waals surface area (Å²) in [6, 6.07) is 16.2. The van der Waals surface area contributed by atoms with E-state index >= 15 is 0 Å². The summed E-state index contributed by atoms with van der Waals surface area (Å²) in [4.78, 5) is 4.48. The van der Waals surface area contributed by atoms with E-state index in [0.29, 0.717) is 6.54 Å². The van der Waals surface area contributed by atoms with E-state index in [-0.39, 0.29) is 0 Å². The summed E-state index contributed by atoms with van der Waals surface area (Å²) in [5.74, 6) is 2.44. The molecule has 0 atom stereocenters. The molecule has 28 heavy (non-hydrogen) atoms. The second kappa shape index (κ2) is 7.24. The molecule has 4 aromatic heterocycles. The van der Waals surface area contributed by atoms with Gasteiger partial charge in [0.15, 0.2) is 11.5 Å². The number of thiophene rings is 1. The molecule has 4 heterocycles. The van der Waals surface area contributed by atoms with E-state index in [0.717, 1.165) is 35.2 Å². The maximum absolute atomic E-state index is 4.65. The monoisotopic (exact) mass is 387 g/mol. The second-order valence-electron chi connectivity index (χ2n) is 6.33. The summed E-state index contributed by atoms with van der Waals surface area (Å²) < 4.78 is 3.90. The van der Waals surface area contributed by atoms with Crippen LogP contribution in [0.15, 0.2) is 71.7 Å². The van der Waals surface area contributed by atoms with Gasteiger partial charge in [0.2, 0.25) is 0 Å². The van der Waals surface area contributed by atoms with E-state index in [1.807, 2.05) is 59.6 Å². The second-order valence-corrected chi connectivity index (χ2v) is 7.11. The topological polar surface area (TPSA) is 72.9 Å². The van der Waals surface area contributed by atoms with Gasteiger partial charge in [-0.25, -0.2) is 4.98 Å². The number of nitrogens with one attached hydrogen (secondary N) is 1. The number of hydrogen-bond donors (Lipinski definition) is 1. The number of aromatic nitrogens is 6. The normalized spacial score (nSPS) is 11.1. The molecule has 0 radical (unpaired) electrons. The molecule has 1 N–H and O–H groups in total. The van der Waals surface area contributed by atoms with Crippen LogP contribution in [-0.2, 0) is 13.1 Å². The zero-order valence-corrected chi connectivity index (χ0v) is 15.8. The van der Waals surface area contributed by atoms with Gasteiger partial charge < -0.3 is 9.88 Å². The minimum atomic E-state index is 0.578. The summed E-state index contributed by atoms with van der Waals surface area (Å²) in [6.45, 7) is 1.37. The molecule has 8 heteroatoms. The van der Waals surface area contributed by atoms with Gasteiger partial charge in [0.1, 0.15) is 11.6 Å². The summed E-state index contributed by atoms with van der Waals surface area (Å²) in [5, 5.41) is 20.5. The SMILES string of the molecule is c1ccc(Cn2ccnc2CNc2ccc3nnc(-c4ccsc4)n3n2)cc1. The Hall–Kier alpha value is -3.52. The fourth-order valence-corrected chi connectivity index (χ4v) is 3.69. The Morgan fingerprint density at radius 2 is 1.93 bits per heavy atom. The first-order chi connectivity index (χ1) is 13.9. The number of fused-ring (bicyclic) bond motifs is 1. The highest BCUT2D eigenvalue weighted by Gasteiger charge is 2.11. The number of benzene rings is 1. The number of nitrogens with zero attached hydrogens (tertiary/aromatic N) is 6. The molecule has 0 spiro atoms. The van der Waals surface area contributed by atoms with Crippen molar-refractivity contribution in [1.29, 1.82) is 0 Å². The molecule has 0 aliphatic rings. The fourth-order valence-electron chi connectivity index (χ4n) is 3.06. The third-order valence-corrected chi connectivity index (χ3v) is 5.15. The first-order valence-electron chi connectivity index (χ1n) is 8.90. The van der Waals surface area contributed by atoms with Crippen molar-refractivity contribution in [2.24, 2.45) is 0 Å². The van der Waals surface area contributed by atoms with Crippen molar-refractivity contribution in [3.05, 3.63) is 83.1 Å². The predicted octanol–water partition coefficient (Wildman–Crippen LogP) is 3.71. The van der Waals surface area contributed by atoms with Gasteiger partial charge >= 0.3 is 0 Å². The third-order valence-electron chi connectivity index (χ3n) is 4.47. The smallest absolute Gasteiger partial charge is 0.186 e. The molecule has 1 aromatic carbocycles. The van der Waals surface area contributed by atoms with Crippen LogP contribution >= 0.6 is 11.3 Å². The fraction of sp³-hybridized carbons (Fsp3) is 0.100. The van der Waals surface area contributed by atoms with Crippen LogP contribution in [-0.4, -0.2) is 29.4 Å². The first-order valence-corrected chi connectivity index (χ1v) is 9.84. The van der Waals surface area contributed by atoms with E-state index < -0.39 is 0 Å². The van der Waals surface area contributed by atoms with E-state index in [2.05, 4.69) is 42.3 Å². The molecule has 5 aromatic rings. The minimum absolute atomic E-state index is 0.578. The number of imidazole rings is 1. The zero-order chi connectivity index (χ0) is 18.8.